The fourth-order valence-electron chi connectivity index (χ4n) is 11.5. The standard InChI is InChI=1S/C68H48N2/c1-68(49-24-7-3-8-25-49)62-36-18-15-32-58(62)61-46-52(44-45-63(61)68)69(64-37-19-16-33-59(64)57-31-14-13-30-56(57)55-29-12-11-28-53(55)47-22-5-2-6-23-47)51-42-40-48(41-43-51)54-35-21-39-66-67(54)60-34-17-20-38-65(60)70(66)50-26-9-4-10-27-50/h2-46H,1H3. The van der Waals surface area contributed by atoms with Crippen LogP contribution in [0.15, 0.2) is 273 Å². The molecule has 1 aliphatic carbocycles. The normalized spacial score (nSPS) is 13.8. The molecule has 2 heteroatoms. The quantitative estimate of drug-likeness (QED) is 0.140. The van der Waals surface area contributed by atoms with Gasteiger partial charge in [0.05, 0.1) is 16.7 Å². The van der Waals surface area contributed by atoms with Crippen molar-refractivity contribution in [3.8, 4) is 61.3 Å². The topological polar surface area (TPSA) is 8.17 Å². The average molecular weight is 893 g/mol. The Kier molecular flexibility index (Phi) is 9.99. The van der Waals surface area contributed by atoms with Crippen molar-refractivity contribution in [1.82, 2.24) is 4.57 Å². The molecule has 0 saturated heterocycles. The number of hydrogen-bond donors (Lipinski definition) is 0. The smallest absolute Gasteiger partial charge is 0.0547 e. The minimum absolute atomic E-state index is 0.300. The highest BCUT2D eigenvalue weighted by atomic mass is 15.1. The molecule has 1 atom stereocenters. The first-order chi connectivity index (χ1) is 34.6. The summed E-state index contributed by atoms with van der Waals surface area (Å²) >= 11 is 0. The van der Waals surface area contributed by atoms with E-state index in [1.165, 1.54) is 88.6 Å². The number of fused-ring (bicyclic) bond motifs is 6. The number of aromatic nitrogens is 1. The van der Waals surface area contributed by atoms with Crippen LogP contribution in [0.2, 0.25) is 0 Å². The third-order valence-electron chi connectivity index (χ3n) is 14.7. The Balaban J connectivity index is 1.01. The van der Waals surface area contributed by atoms with Gasteiger partial charge in [-0.2, -0.15) is 0 Å². The van der Waals surface area contributed by atoms with Crippen LogP contribution in [0.25, 0.3) is 83.1 Å². The second kappa shape index (κ2) is 17.0. The maximum Gasteiger partial charge on any atom is 0.0547 e. The van der Waals surface area contributed by atoms with Gasteiger partial charge >= 0.3 is 0 Å². The van der Waals surface area contributed by atoms with Gasteiger partial charge in [-0.3, -0.25) is 0 Å². The van der Waals surface area contributed by atoms with Crippen molar-refractivity contribution in [2.45, 2.75) is 12.3 Å². The van der Waals surface area contributed by atoms with Crippen molar-refractivity contribution in [3.63, 3.8) is 0 Å². The Hall–Kier alpha value is -8.98. The molecule has 0 bridgehead atoms. The summed E-state index contributed by atoms with van der Waals surface area (Å²) in [5.74, 6) is 0. The molecule has 13 rings (SSSR count). The molecule has 1 aromatic heterocycles. The van der Waals surface area contributed by atoms with Crippen LogP contribution >= 0.6 is 0 Å². The lowest BCUT2D eigenvalue weighted by Gasteiger charge is -2.31. The van der Waals surface area contributed by atoms with Crippen LogP contribution in [0.1, 0.15) is 23.6 Å². The lowest BCUT2D eigenvalue weighted by molar-refractivity contribution is 0.714. The Morgan fingerprint density at radius 2 is 0.829 bits per heavy atom. The molecule has 0 N–H and O–H groups in total. The number of nitrogens with zero attached hydrogens (tertiary/aromatic N) is 2. The summed E-state index contributed by atoms with van der Waals surface area (Å²) in [5.41, 5.74) is 22.5. The van der Waals surface area contributed by atoms with E-state index in [-0.39, 0.29) is 5.41 Å². The van der Waals surface area contributed by atoms with Gasteiger partial charge in [-0.05, 0) is 128 Å². The first kappa shape index (κ1) is 41.2. The monoisotopic (exact) mass is 892 g/mol. The van der Waals surface area contributed by atoms with Crippen molar-refractivity contribution in [3.05, 3.63) is 290 Å². The fraction of sp³-hybridized carbons (Fsp3) is 0.0294. The molecular weight excluding hydrogens is 845 g/mol. The average Bonchev–Trinajstić information content (AvgIpc) is 3.92. The SMILES string of the molecule is CC1(c2ccccc2)c2ccccc2-c2cc(N(c3ccc(-c4cccc5c4c4ccccc4n5-c4ccccc4)cc3)c3ccccc3-c3ccccc3-c3ccccc3-c3ccccc3)ccc21. The second-order valence-corrected chi connectivity index (χ2v) is 18.5. The summed E-state index contributed by atoms with van der Waals surface area (Å²) in [6, 6.07) is 100.0. The lowest BCUT2D eigenvalue weighted by Crippen LogP contribution is -2.22. The van der Waals surface area contributed by atoms with Gasteiger partial charge in [0.1, 0.15) is 0 Å². The van der Waals surface area contributed by atoms with Crippen LogP contribution < -0.4 is 4.90 Å². The largest absolute Gasteiger partial charge is 0.310 e. The van der Waals surface area contributed by atoms with Crippen LogP contribution in [0.4, 0.5) is 17.1 Å². The number of anilines is 3. The summed E-state index contributed by atoms with van der Waals surface area (Å²) in [4.78, 5) is 2.47. The molecule has 0 fully saturated rings. The summed E-state index contributed by atoms with van der Waals surface area (Å²) in [6.07, 6.45) is 0. The molecule has 330 valence electrons. The second-order valence-electron chi connectivity index (χ2n) is 18.5. The zero-order valence-corrected chi connectivity index (χ0v) is 38.9. The molecule has 0 amide bonds. The molecule has 0 aliphatic heterocycles. The van der Waals surface area contributed by atoms with E-state index in [2.05, 4.69) is 289 Å². The number of para-hydroxylation sites is 3. The Labute approximate surface area is 409 Å². The fourth-order valence-corrected chi connectivity index (χ4v) is 11.5. The minimum Gasteiger partial charge on any atom is -0.310 e. The van der Waals surface area contributed by atoms with Gasteiger partial charge in [-0.15, -0.1) is 0 Å². The zero-order valence-electron chi connectivity index (χ0n) is 38.9. The van der Waals surface area contributed by atoms with Crippen molar-refractivity contribution >= 4 is 38.9 Å². The van der Waals surface area contributed by atoms with Crippen molar-refractivity contribution in [2.24, 2.45) is 0 Å². The van der Waals surface area contributed by atoms with Gasteiger partial charge in [0, 0.05) is 38.8 Å². The minimum atomic E-state index is -0.300. The Morgan fingerprint density at radius 3 is 1.57 bits per heavy atom. The number of hydrogen-bond acceptors (Lipinski definition) is 1. The van der Waals surface area contributed by atoms with E-state index in [1.807, 2.05) is 0 Å². The number of benzene rings is 11. The molecule has 2 nitrogen and oxygen atoms in total. The first-order valence-electron chi connectivity index (χ1n) is 24.3. The van der Waals surface area contributed by atoms with Gasteiger partial charge in [-0.1, -0.05) is 218 Å². The molecule has 70 heavy (non-hydrogen) atoms. The van der Waals surface area contributed by atoms with Crippen molar-refractivity contribution < 1.29 is 0 Å². The van der Waals surface area contributed by atoms with Gasteiger partial charge in [0.15, 0.2) is 0 Å². The van der Waals surface area contributed by atoms with Crippen LogP contribution in [0.5, 0.6) is 0 Å². The maximum absolute atomic E-state index is 2.47. The molecule has 0 radical (unpaired) electrons. The molecule has 11 aromatic carbocycles. The van der Waals surface area contributed by atoms with Gasteiger partial charge < -0.3 is 9.47 Å². The Bertz CT molecular complexity index is 3890. The van der Waals surface area contributed by atoms with Crippen molar-refractivity contribution in [2.75, 3.05) is 4.90 Å². The molecule has 1 unspecified atom stereocenters. The predicted octanol–water partition coefficient (Wildman–Crippen LogP) is 18.3. The summed E-state index contributed by atoms with van der Waals surface area (Å²) < 4.78 is 2.39. The molecular formula is C68H48N2. The van der Waals surface area contributed by atoms with Crippen molar-refractivity contribution in [1.29, 1.82) is 0 Å². The predicted molar refractivity (Wildman–Crippen MR) is 295 cm³/mol. The highest BCUT2D eigenvalue weighted by Crippen LogP contribution is 2.54. The molecule has 12 aromatic rings. The lowest BCUT2D eigenvalue weighted by atomic mass is 9.74. The molecule has 1 heterocycles. The van der Waals surface area contributed by atoms with Crippen LogP contribution in [0.3, 0.4) is 0 Å². The van der Waals surface area contributed by atoms with E-state index in [9.17, 15) is 0 Å². The number of rotatable bonds is 9. The maximum atomic E-state index is 2.47. The highest BCUT2D eigenvalue weighted by molar-refractivity contribution is 6.16. The third-order valence-corrected chi connectivity index (χ3v) is 14.7. The molecule has 1 aliphatic rings. The zero-order chi connectivity index (χ0) is 46.6. The Morgan fingerprint density at radius 1 is 0.329 bits per heavy atom. The van der Waals surface area contributed by atoms with E-state index >= 15 is 0 Å². The van der Waals surface area contributed by atoms with E-state index in [0.29, 0.717) is 0 Å². The third kappa shape index (κ3) is 6.64. The van der Waals surface area contributed by atoms with Gasteiger partial charge in [0.25, 0.3) is 0 Å². The van der Waals surface area contributed by atoms with E-state index in [1.54, 1.807) is 0 Å². The summed E-state index contributed by atoms with van der Waals surface area (Å²) in [7, 11) is 0. The van der Waals surface area contributed by atoms with Crippen LogP contribution in [0, 0.1) is 0 Å². The molecule has 0 spiro atoms. The van der Waals surface area contributed by atoms with Crippen LogP contribution in [-0.4, -0.2) is 4.57 Å². The summed E-state index contributed by atoms with van der Waals surface area (Å²) in [5, 5.41) is 2.49. The van der Waals surface area contributed by atoms with E-state index < -0.39 is 0 Å². The highest BCUT2D eigenvalue weighted by Gasteiger charge is 2.41. The van der Waals surface area contributed by atoms with Gasteiger partial charge in [0.2, 0.25) is 0 Å². The summed E-state index contributed by atoms with van der Waals surface area (Å²) in [6.45, 7) is 2.39. The van der Waals surface area contributed by atoms with E-state index in [4.69, 9.17) is 0 Å². The van der Waals surface area contributed by atoms with E-state index in [0.717, 1.165) is 28.3 Å². The first-order valence-corrected chi connectivity index (χ1v) is 24.3. The van der Waals surface area contributed by atoms with Crippen LogP contribution in [-0.2, 0) is 5.41 Å². The van der Waals surface area contributed by atoms with Gasteiger partial charge in [-0.25, -0.2) is 0 Å². The molecule has 0 saturated carbocycles.